The van der Waals surface area contributed by atoms with Crippen LogP contribution in [0.1, 0.15) is 203 Å². The first-order chi connectivity index (χ1) is 29.4. The molecule has 4 aromatic carbocycles. The fourth-order valence-electron chi connectivity index (χ4n) is 8.48. The fraction of sp³-hybridized carbons (Fsp3) is 0.444. The second kappa shape index (κ2) is 26.5. The van der Waals surface area contributed by atoms with Gasteiger partial charge in [-0.05, 0) is 117 Å². The summed E-state index contributed by atoms with van der Waals surface area (Å²) in [6.07, 6.45) is 8.87. The minimum Gasteiger partial charge on any atom is -0.479 e. The van der Waals surface area contributed by atoms with Gasteiger partial charge in [-0.2, -0.15) is 0 Å². The van der Waals surface area contributed by atoms with Crippen LogP contribution in [0.4, 0.5) is 40.0 Å². The largest absolute Gasteiger partial charge is 1.00 e. The van der Waals surface area contributed by atoms with Crippen LogP contribution < -0.4 is 19.6 Å². The molecule has 3 N–H and O–H groups in total. The molecule has 66 heavy (non-hydrogen) atoms. The zero-order valence-electron chi connectivity index (χ0n) is 42.1. The van der Waals surface area contributed by atoms with Crippen molar-refractivity contribution in [1.29, 1.82) is 0 Å². The SMILES string of the molecule is CC(C)c1cccc(C(C)C)c1N1C=CN(c2c(C(C)C)cccc2C(C)C)[CH-]1.CC(C)c1cccc(C(C)C)c1N1C=CN(c2c(C(C)C)cccc2C(C)C)[CH-]1.F[B-](F)(F)F.[Au+].[Au+].[OH3+]. The average molecular weight is 1280 g/mol. The van der Waals surface area contributed by atoms with Gasteiger partial charge in [0.05, 0.1) is 0 Å². The van der Waals surface area contributed by atoms with Crippen molar-refractivity contribution in [3.63, 3.8) is 0 Å². The molecule has 0 spiro atoms. The van der Waals surface area contributed by atoms with E-state index < -0.39 is 7.25 Å². The summed E-state index contributed by atoms with van der Waals surface area (Å²) in [7, 11) is -6.00. The third-order valence-corrected chi connectivity index (χ3v) is 11.7. The molecule has 6 rings (SSSR count). The fourth-order valence-corrected chi connectivity index (χ4v) is 8.48. The van der Waals surface area contributed by atoms with Gasteiger partial charge in [0.15, 0.2) is 0 Å². The second-order valence-corrected chi connectivity index (χ2v) is 19.3. The zero-order chi connectivity index (χ0) is 47.1. The summed E-state index contributed by atoms with van der Waals surface area (Å²) >= 11 is 0. The monoisotopic (exact) mass is 1280 g/mol. The molecule has 2 aliphatic heterocycles. The molecule has 4 aromatic rings. The first-order valence-corrected chi connectivity index (χ1v) is 23.0. The minimum atomic E-state index is -6.00. The maximum Gasteiger partial charge on any atom is 1.00 e. The van der Waals surface area contributed by atoms with E-state index in [2.05, 4.69) is 241 Å². The van der Waals surface area contributed by atoms with Crippen molar-refractivity contribution < 1.29 is 67.5 Å². The third kappa shape index (κ3) is 15.4. The molecule has 0 aliphatic carbocycles. The van der Waals surface area contributed by atoms with Crippen LogP contribution in [0.3, 0.4) is 0 Å². The van der Waals surface area contributed by atoms with E-state index in [1.54, 1.807) is 0 Å². The van der Waals surface area contributed by atoms with E-state index in [-0.39, 0.29) is 50.2 Å². The van der Waals surface area contributed by atoms with Crippen LogP contribution in [-0.4, -0.2) is 7.25 Å². The summed E-state index contributed by atoms with van der Waals surface area (Å²) in [6.45, 7) is 41.1. The van der Waals surface area contributed by atoms with E-state index in [4.69, 9.17) is 0 Å². The average Bonchev–Trinajstić information content (AvgIpc) is 3.90. The van der Waals surface area contributed by atoms with Crippen LogP contribution >= 0.6 is 0 Å². The van der Waals surface area contributed by atoms with Crippen molar-refractivity contribution in [2.45, 2.75) is 158 Å². The summed E-state index contributed by atoms with van der Waals surface area (Å²) in [6, 6.07) is 27.0. The number of para-hydroxylation sites is 4. The Morgan fingerprint density at radius 2 is 0.439 bits per heavy atom. The van der Waals surface area contributed by atoms with E-state index >= 15 is 0 Å². The molecule has 0 saturated heterocycles. The Labute approximate surface area is 427 Å². The summed E-state index contributed by atoms with van der Waals surface area (Å²) in [4.78, 5) is 9.30. The molecule has 0 amide bonds. The van der Waals surface area contributed by atoms with Gasteiger partial charge in [-0.3, -0.25) is 0 Å². The van der Waals surface area contributed by atoms with Crippen molar-refractivity contribution in [2.75, 3.05) is 19.6 Å². The van der Waals surface area contributed by atoms with Gasteiger partial charge in [0.2, 0.25) is 0 Å². The maximum atomic E-state index is 9.75. The van der Waals surface area contributed by atoms with Gasteiger partial charge in [-0.1, -0.05) is 184 Å². The first-order valence-electron chi connectivity index (χ1n) is 23.0. The molecular weight excluding hydrogens is 1200 g/mol. The van der Waals surface area contributed by atoms with Crippen molar-refractivity contribution in [1.82, 2.24) is 0 Å². The summed E-state index contributed by atoms with van der Waals surface area (Å²) in [5.74, 6) is 3.84. The van der Waals surface area contributed by atoms with Gasteiger partial charge in [0, 0.05) is 22.7 Å². The minimum absolute atomic E-state index is 0. The molecule has 0 aromatic heterocycles. The van der Waals surface area contributed by atoms with E-state index in [1.165, 1.54) is 67.3 Å². The van der Waals surface area contributed by atoms with Crippen LogP contribution in [0.5, 0.6) is 0 Å². The van der Waals surface area contributed by atoms with Gasteiger partial charge >= 0.3 is 52.0 Å². The Morgan fingerprint density at radius 3 is 0.545 bits per heavy atom. The van der Waals surface area contributed by atoms with Gasteiger partial charge < -0.3 is 42.3 Å². The van der Waals surface area contributed by atoms with Gasteiger partial charge in [-0.15, -0.1) is 13.3 Å². The quantitative estimate of drug-likeness (QED) is 0.0614. The molecule has 0 bridgehead atoms. The second-order valence-electron chi connectivity index (χ2n) is 19.3. The van der Waals surface area contributed by atoms with Crippen LogP contribution in [0.25, 0.3) is 0 Å². The van der Waals surface area contributed by atoms with E-state index in [9.17, 15) is 17.3 Å². The van der Waals surface area contributed by atoms with Crippen molar-refractivity contribution >= 4 is 30.0 Å². The number of halogens is 4. The normalized spacial score (nSPS) is 13.5. The third-order valence-electron chi connectivity index (χ3n) is 11.7. The number of hydrogen-bond donors (Lipinski definition) is 0. The smallest absolute Gasteiger partial charge is 0.479 e. The standard InChI is InChI=1S/2C27H37N2.2Au.BF4.H2O/c2*1-18(2)22-11-9-12-23(19(3)4)26(22)28-15-16-29(17-28)27-24(20(5)6)13-10-14-25(27)21(7)8;;;2-1(3,4)5;/h2*9-21H,1-8H3;;;;1H2/q2*-1;2*+1;-1;/p+1. The Hall–Kier alpha value is -3.21. The van der Waals surface area contributed by atoms with Gasteiger partial charge in [-0.25, -0.2) is 0 Å². The van der Waals surface area contributed by atoms with Crippen LogP contribution in [0, 0.1) is 13.3 Å². The number of benzene rings is 4. The van der Waals surface area contributed by atoms with Crippen molar-refractivity contribution in [2.24, 2.45) is 0 Å². The zero-order valence-corrected chi connectivity index (χ0v) is 46.4. The number of nitrogens with zero attached hydrogens (tertiary/aromatic N) is 4. The molecule has 0 fully saturated rings. The molecule has 0 atom stereocenters. The summed E-state index contributed by atoms with van der Waals surface area (Å²) in [5, 5.41) is 0. The topological polar surface area (TPSA) is 46.0 Å². The molecular formula is C54H77Au2BF4N4O. The van der Waals surface area contributed by atoms with Crippen molar-refractivity contribution in [3.8, 4) is 0 Å². The molecule has 2 aliphatic rings. The van der Waals surface area contributed by atoms with Crippen LogP contribution in [0.2, 0.25) is 0 Å². The molecule has 0 saturated carbocycles. The maximum absolute atomic E-state index is 9.75. The predicted molar refractivity (Wildman–Crippen MR) is 270 cm³/mol. The van der Waals surface area contributed by atoms with E-state index in [1.807, 2.05) is 0 Å². The molecule has 0 unspecified atom stereocenters. The van der Waals surface area contributed by atoms with E-state index in [0.717, 1.165) is 0 Å². The van der Waals surface area contributed by atoms with Crippen LogP contribution in [-0.2, 0) is 50.2 Å². The number of anilines is 4. The van der Waals surface area contributed by atoms with Gasteiger partial charge in [0.25, 0.3) is 0 Å². The van der Waals surface area contributed by atoms with Crippen LogP contribution in [0.15, 0.2) is 97.6 Å². The van der Waals surface area contributed by atoms with Gasteiger partial charge in [0.1, 0.15) is 0 Å². The Balaban J connectivity index is 0.000000575. The first kappa shape index (κ1) is 60.8. The number of hydrogen-bond acceptors (Lipinski definition) is 4. The summed E-state index contributed by atoms with van der Waals surface area (Å²) in [5.41, 5.74) is 16.6. The molecule has 12 heteroatoms. The Morgan fingerprint density at radius 1 is 0.318 bits per heavy atom. The molecule has 5 nitrogen and oxygen atoms in total. The molecule has 372 valence electrons. The Bertz CT molecular complexity index is 1780. The number of rotatable bonds is 12. The molecule has 2 heterocycles. The Kier molecular flexibility index (Phi) is 24.4. The molecule has 0 radical (unpaired) electrons. The predicted octanol–water partition coefficient (Wildman–Crippen LogP) is 16.6. The summed E-state index contributed by atoms with van der Waals surface area (Å²) < 4.78 is 39.0. The van der Waals surface area contributed by atoms with Crippen molar-refractivity contribution in [3.05, 3.63) is 155 Å². The van der Waals surface area contributed by atoms with E-state index in [0.29, 0.717) is 47.3 Å².